The number of nitrogens with one attached hydrogen (secondary N) is 1. The quantitative estimate of drug-likeness (QED) is 0.863. The first-order valence-corrected chi connectivity index (χ1v) is 9.12. The van der Waals surface area contributed by atoms with Crippen molar-refractivity contribution in [3.8, 4) is 0 Å². The second kappa shape index (κ2) is 6.52. The van der Waals surface area contributed by atoms with Crippen LogP contribution in [-0.2, 0) is 0 Å². The van der Waals surface area contributed by atoms with Crippen LogP contribution in [0.4, 0.5) is 14.5 Å². The number of anilines is 1. The molecule has 2 aliphatic rings. The first-order valence-electron chi connectivity index (χ1n) is 9.12. The van der Waals surface area contributed by atoms with Crippen LogP contribution in [0.15, 0.2) is 12.4 Å². The van der Waals surface area contributed by atoms with Crippen LogP contribution in [0.5, 0.6) is 0 Å². The Morgan fingerprint density at radius 1 is 1.32 bits per heavy atom. The first-order chi connectivity index (χ1) is 12.0. The van der Waals surface area contributed by atoms with E-state index in [0.29, 0.717) is 28.7 Å². The maximum absolute atomic E-state index is 12.7. The Hall–Kier alpha value is -1.76. The number of halogens is 2. The maximum atomic E-state index is 12.7. The molecule has 2 heterocycles. The van der Waals surface area contributed by atoms with E-state index in [-0.39, 0.29) is 6.04 Å². The molecule has 0 aliphatic heterocycles. The number of hydrogen-bond donors (Lipinski definition) is 2. The number of rotatable bonds is 5. The van der Waals surface area contributed by atoms with Crippen molar-refractivity contribution in [2.75, 3.05) is 11.9 Å². The third kappa shape index (κ3) is 2.99. The normalized spacial score (nSPS) is 27.2. The van der Waals surface area contributed by atoms with E-state index in [1.807, 2.05) is 10.6 Å². The van der Waals surface area contributed by atoms with E-state index in [0.717, 1.165) is 31.4 Å². The highest BCUT2D eigenvalue weighted by molar-refractivity contribution is 5.86. The van der Waals surface area contributed by atoms with Gasteiger partial charge in [0.1, 0.15) is 5.52 Å². The number of aromatic nitrogens is 3. The van der Waals surface area contributed by atoms with E-state index in [4.69, 9.17) is 4.98 Å². The van der Waals surface area contributed by atoms with Crippen molar-refractivity contribution in [2.24, 2.45) is 5.92 Å². The smallest absolute Gasteiger partial charge is 0.255 e. The summed E-state index contributed by atoms with van der Waals surface area (Å²) in [5.74, 6) is 0.727. The average molecular weight is 350 g/mol. The van der Waals surface area contributed by atoms with Crippen molar-refractivity contribution in [1.82, 2.24) is 14.5 Å². The minimum Gasteiger partial charge on any atom is -0.391 e. The molecule has 0 saturated heterocycles. The lowest BCUT2D eigenvalue weighted by atomic mass is 9.82. The lowest BCUT2D eigenvalue weighted by molar-refractivity contribution is 0.126. The standard InChI is InChI=1S/C18H24F2N4O/c1-10-5-6-14(25)17(10)24-9-22-16-13(21-8-15(19)20)7-12(23-18(16)24)11-3-2-4-11/h7,9-11,14-15,17,25H,2-6,8H2,1H3,(H,21,23)/t10-,14+,17?/m0/s1. The lowest BCUT2D eigenvalue weighted by Gasteiger charge is -2.26. The summed E-state index contributed by atoms with van der Waals surface area (Å²) in [5.41, 5.74) is 2.86. The molecule has 0 spiro atoms. The molecule has 25 heavy (non-hydrogen) atoms. The maximum Gasteiger partial charge on any atom is 0.255 e. The summed E-state index contributed by atoms with van der Waals surface area (Å²) in [6, 6.07) is 1.82. The number of pyridine rings is 1. The monoisotopic (exact) mass is 350 g/mol. The van der Waals surface area contributed by atoms with E-state index >= 15 is 0 Å². The van der Waals surface area contributed by atoms with Gasteiger partial charge in [-0.1, -0.05) is 13.3 Å². The Bertz CT molecular complexity index is 749. The minimum atomic E-state index is -2.42. The first kappa shape index (κ1) is 16.7. The van der Waals surface area contributed by atoms with E-state index in [9.17, 15) is 13.9 Å². The van der Waals surface area contributed by atoms with E-state index in [2.05, 4.69) is 17.2 Å². The highest BCUT2D eigenvalue weighted by Crippen LogP contribution is 2.40. The van der Waals surface area contributed by atoms with Crippen LogP contribution in [-0.4, -0.2) is 38.7 Å². The third-order valence-electron chi connectivity index (χ3n) is 5.74. The predicted octanol–water partition coefficient (Wildman–Crippen LogP) is 3.71. The number of alkyl halides is 2. The van der Waals surface area contributed by atoms with Gasteiger partial charge in [-0.05, 0) is 37.7 Å². The summed E-state index contributed by atoms with van der Waals surface area (Å²) >= 11 is 0. The number of hydrogen-bond acceptors (Lipinski definition) is 4. The zero-order valence-corrected chi connectivity index (χ0v) is 14.3. The summed E-state index contributed by atoms with van der Waals surface area (Å²) in [6.07, 6.45) is 3.95. The molecule has 2 aromatic heterocycles. The molecule has 0 bridgehead atoms. The molecule has 136 valence electrons. The number of aliphatic hydroxyl groups is 1. The molecule has 7 heteroatoms. The SMILES string of the molecule is C[C@H]1CC[C@@H](O)C1n1cnc2c(NCC(F)F)cc(C3CCC3)nc21. The second-order valence-electron chi connectivity index (χ2n) is 7.43. The van der Waals surface area contributed by atoms with E-state index < -0.39 is 19.1 Å². The predicted molar refractivity (Wildman–Crippen MR) is 92.1 cm³/mol. The van der Waals surface area contributed by atoms with Crippen molar-refractivity contribution in [2.45, 2.75) is 63.5 Å². The van der Waals surface area contributed by atoms with Crippen LogP contribution in [0.25, 0.3) is 11.2 Å². The largest absolute Gasteiger partial charge is 0.391 e. The van der Waals surface area contributed by atoms with Crippen molar-refractivity contribution < 1.29 is 13.9 Å². The zero-order valence-electron chi connectivity index (χ0n) is 14.3. The Morgan fingerprint density at radius 3 is 2.72 bits per heavy atom. The van der Waals surface area contributed by atoms with Crippen molar-refractivity contribution in [3.63, 3.8) is 0 Å². The fourth-order valence-corrected chi connectivity index (χ4v) is 4.09. The number of imidazole rings is 1. The topological polar surface area (TPSA) is 63.0 Å². The molecule has 2 aliphatic carbocycles. The fraction of sp³-hybridized carbons (Fsp3) is 0.667. The molecular formula is C18H24F2N4O. The van der Waals surface area contributed by atoms with Gasteiger partial charge in [-0.25, -0.2) is 18.7 Å². The Morgan fingerprint density at radius 2 is 2.12 bits per heavy atom. The van der Waals surface area contributed by atoms with Gasteiger partial charge in [0.05, 0.1) is 30.7 Å². The molecular weight excluding hydrogens is 326 g/mol. The third-order valence-corrected chi connectivity index (χ3v) is 5.74. The second-order valence-corrected chi connectivity index (χ2v) is 7.43. The van der Waals surface area contributed by atoms with Crippen LogP contribution in [0.3, 0.4) is 0 Å². The molecule has 2 fully saturated rings. The van der Waals surface area contributed by atoms with Gasteiger partial charge in [0.15, 0.2) is 5.65 Å². The van der Waals surface area contributed by atoms with E-state index in [1.54, 1.807) is 6.33 Å². The molecule has 2 aromatic rings. The van der Waals surface area contributed by atoms with Gasteiger partial charge in [-0.2, -0.15) is 0 Å². The summed E-state index contributed by atoms with van der Waals surface area (Å²) in [5, 5.41) is 13.2. The fourth-order valence-electron chi connectivity index (χ4n) is 4.09. The van der Waals surface area contributed by atoms with Crippen molar-refractivity contribution in [3.05, 3.63) is 18.1 Å². The van der Waals surface area contributed by atoms with Crippen LogP contribution in [0, 0.1) is 5.92 Å². The Labute approximate surface area is 145 Å². The molecule has 3 atom stereocenters. The highest BCUT2D eigenvalue weighted by atomic mass is 19.3. The summed E-state index contributed by atoms with van der Waals surface area (Å²) in [4.78, 5) is 9.26. The van der Waals surface area contributed by atoms with Gasteiger partial charge in [0.2, 0.25) is 0 Å². The van der Waals surface area contributed by atoms with Crippen LogP contribution < -0.4 is 5.32 Å². The van der Waals surface area contributed by atoms with Crippen LogP contribution in [0.1, 0.15) is 56.7 Å². The van der Waals surface area contributed by atoms with Crippen molar-refractivity contribution in [1.29, 1.82) is 0 Å². The van der Waals surface area contributed by atoms with Crippen molar-refractivity contribution >= 4 is 16.9 Å². The summed E-state index contributed by atoms with van der Waals surface area (Å²) in [7, 11) is 0. The van der Waals surface area contributed by atoms with Gasteiger partial charge < -0.3 is 15.0 Å². The average Bonchev–Trinajstić information content (AvgIpc) is 3.06. The van der Waals surface area contributed by atoms with Gasteiger partial charge in [0.25, 0.3) is 6.43 Å². The van der Waals surface area contributed by atoms with E-state index in [1.165, 1.54) is 6.42 Å². The molecule has 4 rings (SSSR count). The molecule has 1 unspecified atom stereocenters. The minimum absolute atomic E-state index is 0.0583. The van der Waals surface area contributed by atoms with Gasteiger partial charge >= 0.3 is 0 Å². The molecule has 2 saturated carbocycles. The number of nitrogens with zero attached hydrogens (tertiary/aromatic N) is 3. The highest BCUT2D eigenvalue weighted by Gasteiger charge is 2.35. The summed E-state index contributed by atoms with van der Waals surface area (Å²) < 4.78 is 27.3. The van der Waals surface area contributed by atoms with Gasteiger partial charge in [0, 0.05) is 11.6 Å². The number of fused-ring (bicyclic) bond motifs is 1. The molecule has 0 amide bonds. The molecule has 2 N–H and O–H groups in total. The molecule has 0 radical (unpaired) electrons. The molecule has 0 aromatic carbocycles. The zero-order chi connectivity index (χ0) is 17.6. The number of aliphatic hydroxyl groups excluding tert-OH is 1. The van der Waals surface area contributed by atoms with Crippen LogP contribution >= 0.6 is 0 Å². The summed E-state index contributed by atoms with van der Waals surface area (Å²) in [6.45, 7) is 1.72. The Kier molecular flexibility index (Phi) is 4.35. The van der Waals surface area contributed by atoms with Crippen LogP contribution in [0.2, 0.25) is 0 Å². The Balaban J connectivity index is 1.78. The van der Waals surface area contributed by atoms with Gasteiger partial charge in [-0.15, -0.1) is 0 Å². The molecule has 5 nitrogen and oxygen atoms in total. The van der Waals surface area contributed by atoms with Gasteiger partial charge in [-0.3, -0.25) is 0 Å². The lowest BCUT2D eigenvalue weighted by Crippen LogP contribution is -2.22.